The SMILES string of the molecule is CCCC.NC(=S)S.[BiH3]. The summed E-state index contributed by atoms with van der Waals surface area (Å²) in [4.78, 5) is 0. The zero-order valence-corrected chi connectivity index (χ0v) is 13.3. The molecule has 0 atom stereocenters. The first kappa shape index (κ1) is 16.6. The first-order valence-electron chi connectivity index (χ1n) is 2.63. The molecule has 0 rings (SSSR count). The van der Waals surface area contributed by atoms with E-state index in [0.717, 1.165) is 0 Å². The second-order valence-corrected chi connectivity index (χ2v) is 2.56. The van der Waals surface area contributed by atoms with E-state index in [0.29, 0.717) is 0 Å². The Hall–Kier alpha value is 1.12. The number of hydrogen-bond donors (Lipinski definition) is 2. The van der Waals surface area contributed by atoms with Crippen molar-refractivity contribution in [2.75, 3.05) is 0 Å². The van der Waals surface area contributed by atoms with Gasteiger partial charge < -0.3 is 5.73 Å². The van der Waals surface area contributed by atoms with E-state index in [2.05, 4.69) is 38.7 Å². The summed E-state index contributed by atoms with van der Waals surface area (Å²) in [7, 11) is 0. The molecule has 0 saturated heterocycles. The molecular weight excluding hydrogens is 347 g/mol. The average molecular weight is 363 g/mol. The third-order valence-corrected chi connectivity index (χ3v) is 0.500. The fourth-order valence-electron chi connectivity index (χ4n) is 0. The van der Waals surface area contributed by atoms with E-state index in [1.165, 1.54) is 12.8 Å². The van der Waals surface area contributed by atoms with Gasteiger partial charge in [0.25, 0.3) is 0 Å². The summed E-state index contributed by atoms with van der Waals surface area (Å²) in [6.07, 6.45) is 2.64. The van der Waals surface area contributed by atoms with Crippen LogP contribution in [0.5, 0.6) is 0 Å². The van der Waals surface area contributed by atoms with Gasteiger partial charge in [0.05, 0.1) is 0 Å². The molecule has 58 valence electrons. The van der Waals surface area contributed by atoms with E-state index in [1.54, 1.807) is 0 Å². The topological polar surface area (TPSA) is 26.0 Å². The molecule has 0 aromatic heterocycles. The van der Waals surface area contributed by atoms with Gasteiger partial charge in [0.15, 0.2) is 0 Å². The van der Waals surface area contributed by atoms with Crippen molar-refractivity contribution in [1.82, 2.24) is 0 Å². The molecule has 0 aliphatic rings. The molecule has 0 aliphatic heterocycles. The third-order valence-electron chi connectivity index (χ3n) is 0.500. The van der Waals surface area contributed by atoms with Crippen LogP contribution in [0.2, 0.25) is 0 Å². The first-order chi connectivity index (χ1) is 3.65. The molecule has 0 aromatic carbocycles. The monoisotopic (exact) mass is 363 g/mol. The van der Waals surface area contributed by atoms with Gasteiger partial charge in [0, 0.05) is 0 Å². The molecule has 4 heteroatoms. The molecular formula is C5H16BiNS2. The normalized spacial score (nSPS) is 6.11. The van der Waals surface area contributed by atoms with Crippen molar-refractivity contribution in [2.45, 2.75) is 26.7 Å². The van der Waals surface area contributed by atoms with Crippen LogP contribution in [0.3, 0.4) is 0 Å². The summed E-state index contributed by atoms with van der Waals surface area (Å²) < 4.78 is 0.194. The van der Waals surface area contributed by atoms with Crippen LogP contribution in [0.15, 0.2) is 0 Å². The van der Waals surface area contributed by atoms with Crippen molar-refractivity contribution >= 4 is 55.4 Å². The minimum atomic E-state index is 0. The third kappa shape index (κ3) is 103. The maximum atomic E-state index is 4.71. The van der Waals surface area contributed by atoms with Crippen LogP contribution in [-0.2, 0) is 0 Å². The molecule has 0 unspecified atom stereocenters. The Kier molecular flexibility index (Phi) is 29.6. The Morgan fingerprint density at radius 3 is 1.56 bits per heavy atom. The number of thiocarbonyl (C=S) groups is 1. The summed E-state index contributed by atoms with van der Waals surface area (Å²) >= 11 is 7.65. The Bertz CT molecular complexity index is 52.9. The van der Waals surface area contributed by atoms with Crippen LogP contribution in [0.4, 0.5) is 0 Å². The fourth-order valence-corrected chi connectivity index (χ4v) is 0. The summed E-state index contributed by atoms with van der Waals surface area (Å²) in [6.45, 7) is 4.36. The number of unbranched alkanes of at least 4 members (excludes halogenated alkanes) is 1. The van der Waals surface area contributed by atoms with Gasteiger partial charge in [-0.1, -0.05) is 38.9 Å². The minimum absolute atomic E-state index is 0. The van der Waals surface area contributed by atoms with Crippen molar-refractivity contribution < 1.29 is 0 Å². The van der Waals surface area contributed by atoms with Crippen LogP contribution in [-0.4, -0.2) is 30.5 Å². The van der Waals surface area contributed by atoms with Crippen LogP contribution in [0.25, 0.3) is 0 Å². The Morgan fingerprint density at radius 2 is 1.56 bits per heavy atom. The average Bonchev–Trinajstić information content (AvgIpc) is 1.65. The quantitative estimate of drug-likeness (QED) is 0.409. The van der Waals surface area contributed by atoms with E-state index < -0.39 is 0 Å². The van der Waals surface area contributed by atoms with Gasteiger partial charge >= 0.3 is 26.2 Å². The molecule has 0 heterocycles. The van der Waals surface area contributed by atoms with Crippen molar-refractivity contribution in [1.29, 1.82) is 0 Å². The molecule has 0 fully saturated rings. The number of thiol groups is 1. The Morgan fingerprint density at radius 1 is 1.44 bits per heavy atom. The molecule has 0 spiro atoms. The van der Waals surface area contributed by atoms with Crippen LogP contribution in [0.1, 0.15) is 26.7 Å². The molecule has 2 N–H and O–H groups in total. The standard InChI is InChI=1S/C4H10.CH3NS2.Bi.3H/c1-3-4-2;2-1(3)4;;;;/h3-4H2,1-2H3;(H3,2,3,4);;;;. The summed E-state index contributed by atoms with van der Waals surface area (Å²) in [5.41, 5.74) is 4.71. The predicted octanol–water partition coefficient (Wildman–Crippen LogP) is 0.782. The molecule has 9 heavy (non-hydrogen) atoms. The first-order valence-corrected chi connectivity index (χ1v) is 3.49. The van der Waals surface area contributed by atoms with Crippen molar-refractivity contribution in [2.24, 2.45) is 5.73 Å². The van der Waals surface area contributed by atoms with Gasteiger partial charge in [0.1, 0.15) is 4.32 Å². The van der Waals surface area contributed by atoms with Crippen LogP contribution >= 0.6 is 24.8 Å². The molecule has 0 saturated carbocycles. The molecule has 0 radical (unpaired) electrons. The predicted molar refractivity (Wildman–Crippen MR) is 56.3 cm³/mol. The summed E-state index contributed by atoms with van der Waals surface area (Å²) in [5.74, 6) is 0. The summed E-state index contributed by atoms with van der Waals surface area (Å²) in [6, 6.07) is 0. The zero-order valence-electron chi connectivity index (χ0n) is 6.05. The summed E-state index contributed by atoms with van der Waals surface area (Å²) in [5, 5.41) is 0. The van der Waals surface area contributed by atoms with Crippen molar-refractivity contribution in [3.8, 4) is 0 Å². The van der Waals surface area contributed by atoms with Crippen LogP contribution in [0, 0.1) is 0 Å². The van der Waals surface area contributed by atoms with E-state index >= 15 is 0 Å². The number of rotatable bonds is 1. The zero-order chi connectivity index (χ0) is 6.99. The van der Waals surface area contributed by atoms with E-state index in [9.17, 15) is 0 Å². The van der Waals surface area contributed by atoms with Gasteiger partial charge in [-0.3, -0.25) is 0 Å². The second kappa shape index (κ2) is 16.1. The van der Waals surface area contributed by atoms with E-state index in [4.69, 9.17) is 5.73 Å². The molecule has 1 nitrogen and oxygen atoms in total. The molecule has 0 amide bonds. The second-order valence-electron chi connectivity index (χ2n) is 1.34. The van der Waals surface area contributed by atoms with Gasteiger partial charge in [-0.25, -0.2) is 0 Å². The van der Waals surface area contributed by atoms with Gasteiger partial charge in [-0.05, 0) is 0 Å². The number of hydrogen-bond acceptors (Lipinski definition) is 1. The van der Waals surface area contributed by atoms with Gasteiger partial charge in [0.2, 0.25) is 0 Å². The Labute approximate surface area is 87.3 Å². The molecule has 0 bridgehead atoms. The maximum absolute atomic E-state index is 4.71. The van der Waals surface area contributed by atoms with Crippen LogP contribution < -0.4 is 5.73 Å². The van der Waals surface area contributed by atoms with Gasteiger partial charge in [-0.2, -0.15) is 0 Å². The van der Waals surface area contributed by atoms with Gasteiger partial charge in [-0.15, -0.1) is 12.6 Å². The molecule has 0 aromatic rings. The van der Waals surface area contributed by atoms with Crippen molar-refractivity contribution in [3.05, 3.63) is 0 Å². The van der Waals surface area contributed by atoms with E-state index in [1.807, 2.05) is 0 Å². The fraction of sp³-hybridized carbons (Fsp3) is 0.800. The Balaban J connectivity index is -0.0000000720. The van der Waals surface area contributed by atoms with Crippen molar-refractivity contribution in [3.63, 3.8) is 0 Å². The van der Waals surface area contributed by atoms with E-state index in [-0.39, 0.29) is 30.5 Å². The molecule has 0 aliphatic carbocycles. The number of nitrogens with two attached hydrogens (primary N) is 1.